The Morgan fingerprint density at radius 2 is 2.00 bits per heavy atom. The lowest BCUT2D eigenvalue weighted by Crippen LogP contribution is -2.53. The first-order valence-corrected chi connectivity index (χ1v) is 6.16. The Morgan fingerprint density at radius 3 is 2.33 bits per heavy atom. The van der Waals surface area contributed by atoms with Crippen LogP contribution >= 0.6 is 0 Å². The maximum atomic E-state index is 12.0. The highest BCUT2D eigenvalue weighted by Gasteiger charge is 2.45. The molecule has 1 saturated heterocycles. The first-order valence-electron chi connectivity index (χ1n) is 4.51. The molecule has 0 aromatic heterocycles. The first-order chi connectivity index (χ1) is 6.78. The number of hydrogen-bond donors (Lipinski definition) is 1. The topological polar surface area (TPSA) is 63.4 Å². The Morgan fingerprint density at radius 1 is 1.40 bits per heavy atom. The van der Waals surface area contributed by atoms with Crippen molar-refractivity contribution in [3.63, 3.8) is 0 Å². The molecule has 1 unspecified atom stereocenters. The van der Waals surface area contributed by atoms with Gasteiger partial charge in [0.25, 0.3) is 0 Å². The number of alkyl halides is 3. The second-order valence-electron chi connectivity index (χ2n) is 3.48. The number of sulfone groups is 1. The van der Waals surface area contributed by atoms with Crippen LogP contribution in [0.5, 0.6) is 0 Å². The van der Waals surface area contributed by atoms with Crippen molar-refractivity contribution in [2.75, 3.05) is 25.4 Å². The standard InChI is InChI=1S/C7H13F3N2O2S/c8-7(9,10)15(13,14)4-3-12-2-1-6(12)5-11/h6H,1-5,11H2. The van der Waals surface area contributed by atoms with Gasteiger partial charge in [0.2, 0.25) is 9.84 Å². The van der Waals surface area contributed by atoms with Crippen LogP contribution in [0.15, 0.2) is 0 Å². The number of likely N-dealkylation sites (tertiary alicyclic amines) is 1. The Kier molecular flexibility index (Phi) is 3.62. The predicted octanol–water partition coefficient (Wildman–Crippen LogP) is -0.0460. The number of halogens is 3. The molecule has 8 heteroatoms. The van der Waals surface area contributed by atoms with Crippen molar-refractivity contribution < 1.29 is 21.6 Å². The van der Waals surface area contributed by atoms with E-state index < -0.39 is 21.1 Å². The van der Waals surface area contributed by atoms with Crippen LogP contribution in [0.3, 0.4) is 0 Å². The Labute approximate surface area is 86.1 Å². The molecule has 4 nitrogen and oxygen atoms in total. The highest BCUT2D eigenvalue weighted by atomic mass is 32.2. The van der Waals surface area contributed by atoms with Crippen LogP contribution in [0, 0.1) is 0 Å². The summed E-state index contributed by atoms with van der Waals surface area (Å²) in [5, 5.41) is 0. The molecule has 1 rings (SSSR count). The molecular weight excluding hydrogens is 233 g/mol. The van der Waals surface area contributed by atoms with Crippen LogP contribution in [0.2, 0.25) is 0 Å². The molecule has 0 aromatic carbocycles. The minimum absolute atomic E-state index is 0.0356. The van der Waals surface area contributed by atoms with Crippen molar-refractivity contribution in [1.29, 1.82) is 0 Å². The fourth-order valence-electron chi connectivity index (χ4n) is 1.41. The molecule has 1 heterocycles. The second-order valence-corrected chi connectivity index (χ2v) is 5.58. The van der Waals surface area contributed by atoms with Crippen molar-refractivity contribution in [2.24, 2.45) is 5.73 Å². The predicted molar refractivity (Wildman–Crippen MR) is 48.9 cm³/mol. The van der Waals surface area contributed by atoms with Gasteiger partial charge < -0.3 is 5.73 Å². The zero-order chi connectivity index (χ0) is 11.7. The highest BCUT2D eigenvalue weighted by molar-refractivity contribution is 7.92. The van der Waals surface area contributed by atoms with Gasteiger partial charge in [-0.25, -0.2) is 8.42 Å². The van der Waals surface area contributed by atoms with Gasteiger partial charge in [0.1, 0.15) is 0 Å². The molecule has 0 radical (unpaired) electrons. The molecule has 0 aromatic rings. The van der Waals surface area contributed by atoms with E-state index in [9.17, 15) is 21.6 Å². The summed E-state index contributed by atoms with van der Waals surface area (Å²) in [6.07, 6.45) is 0.822. The third-order valence-corrected chi connectivity index (χ3v) is 3.96. The van der Waals surface area contributed by atoms with Crippen molar-refractivity contribution >= 4 is 9.84 Å². The summed E-state index contributed by atoms with van der Waals surface area (Å²) < 4.78 is 57.3. The van der Waals surface area contributed by atoms with Gasteiger partial charge in [0, 0.05) is 25.7 Å². The lowest BCUT2D eigenvalue weighted by Gasteiger charge is -2.40. The molecule has 15 heavy (non-hydrogen) atoms. The first kappa shape index (κ1) is 12.7. The van der Waals surface area contributed by atoms with Gasteiger partial charge >= 0.3 is 5.51 Å². The number of rotatable bonds is 4. The smallest absolute Gasteiger partial charge is 0.329 e. The molecule has 0 saturated carbocycles. The van der Waals surface area contributed by atoms with Gasteiger partial charge in [-0.1, -0.05) is 0 Å². The van der Waals surface area contributed by atoms with Crippen molar-refractivity contribution in [2.45, 2.75) is 18.0 Å². The Bertz CT molecular complexity index is 313. The molecule has 1 atom stereocenters. The summed E-state index contributed by atoms with van der Waals surface area (Å²) in [7, 11) is -4.98. The van der Waals surface area contributed by atoms with Gasteiger partial charge in [-0.05, 0) is 6.42 Å². The van der Waals surface area contributed by atoms with E-state index in [1.165, 1.54) is 0 Å². The normalized spacial score (nSPS) is 23.9. The third kappa shape index (κ3) is 2.82. The molecule has 1 aliphatic rings. The molecule has 1 fully saturated rings. The van der Waals surface area contributed by atoms with Gasteiger partial charge in [-0.2, -0.15) is 13.2 Å². The lowest BCUT2D eigenvalue weighted by molar-refractivity contribution is -0.0439. The fourth-order valence-corrected chi connectivity index (χ4v) is 2.12. The molecule has 0 spiro atoms. The highest BCUT2D eigenvalue weighted by Crippen LogP contribution is 2.25. The third-order valence-electron chi connectivity index (χ3n) is 2.54. The molecule has 0 aliphatic carbocycles. The maximum absolute atomic E-state index is 12.0. The summed E-state index contributed by atoms with van der Waals surface area (Å²) >= 11 is 0. The number of nitrogens with two attached hydrogens (primary N) is 1. The molecule has 0 amide bonds. The van der Waals surface area contributed by atoms with Crippen molar-refractivity contribution in [1.82, 2.24) is 4.90 Å². The van der Waals surface area contributed by atoms with Gasteiger partial charge in [0.15, 0.2) is 0 Å². The fraction of sp³-hybridized carbons (Fsp3) is 1.00. The molecule has 1 aliphatic heterocycles. The van der Waals surface area contributed by atoms with Gasteiger partial charge in [-0.3, -0.25) is 4.90 Å². The van der Waals surface area contributed by atoms with E-state index in [2.05, 4.69) is 0 Å². The van der Waals surface area contributed by atoms with E-state index in [-0.39, 0.29) is 12.6 Å². The van der Waals surface area contributed by atoms with Crippen LogP contribution in [0.4, 0.5) is 13.2 Å². The molecular formula is C7H13F3N2O2S. The summed E-state index contributed by atoms with van der Waals surface area (Å²) in [4.78, 5) is 1.66. The van der Waals surface area contributed by atoms with Crippen LogP contribution in [0.25, 0.3) is 0 Å². The summed E-state index contributed by atoms with van der Waals surface area (Å²) in [6, 6.07) is 0.0356. The van der Waals surface area contributed by atoms with Crippen molar-refractivity contribution in [3.8, 4) is 0 Å². The Hall–Kier alpha value is -0.340. The van der Waals surface area contributed by atoms with Crippen LogP contribution < -0.4 is 5.73 Å². The lowest BCUT2D eigenvalue weighted by atomic mass is 10.0. The Balaban J connectivity index is 2.44. The summed E-state index contributed by atoms with van der Waals surface area (Å²) in [5.41, 5.74) is 0.193. The van der Waals surface area contributed by atoms with E-state index >= 15 is 0 Å². The van der Waals surface area contributed by atoms with E-state index in [0.29, 0.717) is 13.1 Å². The second kappa shape index (κ2) is 4.26. The summed E-state index contributed by atoms with van der Waals surface area (Å²) in [6.45, 7) is 0.880. The number of nitrogens with zero attached hydrogens (tertiary/aromatic N) is 1. The van der Waals surface area contributed by atoms with Crippen molar-refractivity contribution in [3.05, 3.63) is 0 Å². The number of hydrogen-bond acceptors (Lipinski definition) is 4. The average Bonchev–Trinajstić information content (AvgIpc) is 2.00. The molecule has 2 N–H and O–H groups in total. The maximum Gasteiger partial charge on any atom is 0.497 e. The zero-order valence-corrected chi connectivity index (χ0v) is 8.81. The van der Waals surface area contributed by atoms with E-state index in [0.717, 1.165) is 6.42 Å². The van der Waals surface area contributed by atoms with E-state index in [1.54, 1.807) is 4.90 Å². The van der Waals surface area contributed by atoms with Gasteiger partial charge in [0.05, 0.1) is 5.75 Å². The van der Waals surface area contributed by atoms with Crippen LogP contribution in [-0.2, 0) is 9.84 Å². The minimum Gasteiger partial charge on any atom is -0.329 e. The van der Waals surface area contributed by atoms with E-state index in [4.69, 9.17) is 5.73 Å². The minimum atomic E-state index is -5.14. The SMILES string of the molecule is NCC1CCN1CCS(=O)(=O)C(F)(F)F. The summed E-state index contributed by atoms with van der Waals surface area (Å²) in [5.74, 6) is -0.882. The van der Waals surface area contributed by atoms with Crippen LogP contribution in [0.1, 0.15) is 6.42 Å². The largest absolute Gasteiger partial charge is 0.497 e. The molecule has 90 valence electrons. The zero-order valence-electron chi connectivity index (χ0n) is 8.00. The quantitative estimate of drug-likeness (QED) is 0.755. The van der Waals surface area contributed by atoms with Crippen LogP contribution in [-0.4, -0.2) is 50.3 Å². The average molecular weight is 246 g/mol. The monoisotopic (exact) mass is 246 g/mol. The van der Waals surface area contributed by atoms with E-state index in [1.807, 2.05) is 0 Å². The molecule has 0 bridgehead atoms. The van der Waals surface area contributed by atoms with Gasteiger partial charge in [-0.15, -0.1) is 0 Å².